The summed E-state index contributed by atoms with van der Waals surface area (Å²) in [6, 6.07) is 21.4. The molecule has 2 heterocycles. The zero-order chi connectivity index (χ0) is 21.8. The molecule has 3 aromatic rings. The van der Waals surface area contributed by atoms with E-state index in [1.54, 1.807) is 36.4 Å². The minimum absolute atomic E-state index is 0.0867. The third-order valence-corrected chi connectivity index (χ3v) is 5.28. The number of carbonyl (C=O) groups is 2. The van der Waals surface area contributed by atoms with Crippen molar-refractivity contribution in [1.82, 2.24) is 5.32 Å². The Morgan fingerprint density at radius 3 is 2.10 bits per heavy atom. The lowest BCUT2D eigenvalue weighted by molar-refractivity contribution is -0.118. The summed E-state index contributed by atoms with van der Waals surface area (Å²) in [5.74, 6) is -2.01. The molecule has 0 aliphatic carbocycles. The average molecular weight is 433 g/mol. The SMILES string of the molecule is NC1=C(C(=O)Nc2ccccc2)C(c2ccco2)C(C(=O)Nc2ccccc2)C(=S)N1. The monoisotopic (exact) mass is 432 g/mol. The van der Waals surface area contributed by atoms with Crippen LogP contribution in [-0.2, 0) is 9.59 Å². The van der Waals surface area contributed by atoms with Crippen molar-refractivity contribution in [1.29, 1.82) is 0 Å². The van der Waals surface area contributed by atoms with Crippen LogP contribution in [0, 0.1) is 5.92 Å². The van der Waals surface area contributed by atoms with Crippen LogP contribution in [0.1, 0.15) is 11.7 Å². The lowest BCUT2D eigenvalue weighted by Crippen LogP contribution is -2.49. The normalized spacial score (nSPS) is 18.3. The highest BCUT2D eigenvalue weighted by Gasteiger charge is 2.44. The van der Waals surface area contributed by atoms with Gasteiger partial charge < -0.3 is 26.1 Å². The van der Waals surface area contributed by atoms with Gasteiger partial charge in [0.25, 0.3) is 5.91 Å². The van der Waals surface area contributed by atoms with Gasteiger partial charge in [0.1, 0.15) is 17.5 Å². The number of hydrogen-bond donors (Lipinski definition) is 4. The molecule has 2 aromatic carbocycles. The molecule has 0 saturated carbocycles. The Hall–Kier alpha value is -3.91. The Balaban J connectivity index is 1.71. The van der Waals surface area contributed by atoms with Crippen LogP contribution < -0.4 is 21.7 Å². The van der Waals surface area contributed by atoms with Crippen LogP contribution in [0.5, 0.6) is 0 Å². The first-order chi connectivity index (χ1) is 15.0. The second-order valence-electron chi connectivity index (χ2n) is 6.96. The Morgan fingerprint density at radius 2 is 1.52 bits per heavy atom. The number of hydrogen-bond acceptors (Lipinski definition) is 5. The van der Waals surface area contributed by atoms with Crippen LogP contribution in [0.25, 0.3) is 0 Å². The van der Waals surface area contributed by atoms with Gasteiger partial charge in [0, 0.05) is 11.4 Å². The third kappa shape index (κ3) is 4.34. The predicted molar refractivity (Wildman–Crippen MR) is 122 cm³/mol. The summed E-state index contributed by atoms with van der Waals surface area (Å²) >= 11 is 5.46. The summed E-state index contributed by atoms with van der Waals surface area (Å²) in [5.41, 5.74) is 7.58. The quantitative estimate of drug-likeness (QED) is 0.461. The summed E-state index contributed by atoms with van der Waals surface area (Å²) in [6.45, 7) is 0. The predicted octanol–water partition coefficient (Wildman–Crippen LogP) is 3.36. The minimum atomic E-state index is -0.898. The van der Waals surface area contributed by atoms with E-state index in [0.29, 0.717) is 17.1 Å². The van der Waals surface area contributed by atoms with E-state index in [2.05, 4.69) is 16.0 Å². The summed E-state index contributed by atoms with van der Waals surface area (Å²) < 4.78 is 5.59. The number of furan rings is 1. The maximum Gasteiger partial charge on any atom is 0.256 e. The van der Waals surface area contributed by atoms with Crippen molar-refractivity contribution in [2.24, 2.45) is 11.7 Å². The largest absolute Gasteiger partial charge is 0.469 e. The van der Waals surface area contributed by atoms with E-state index in [-0.39, 0.29) is 22.3 Å². The summed E-state index contributed by atoms with van der Waals surface area (Å²) in [5, 5.41) is 8.51. The van der Waals surface area contributed by atoms with Gasteiger partial charge in [-0.3, -0.25) is 9.59 Å². The maximum absolute atomic E-state index is 13.2. The van der Waals surface area contributed by atoms with E-state index in [1.807, 2.05) is 36.4 Å². The highest BCUT2D eigenvalue weighted by atomic mass is 32.1. The molecule has 2 unspecified atom stereocenters. The van der Waals surface area contributed by atoms with Gasteiger partial charge in [0.2, 0.25) is 5.91 Å². The first-order valence-electron chi connectivity index (χ1n) is 9.61. The molecule has 5 N–H and O–H groups in total. The number of benzene rings is 2. The number of carbonyl (C=O) groups excluding carboxylic acids is 2. The molecule has 7 nitrogen and oxygen atoms in total. The van der Waals surface area contributed by atoms with Gasteiger partial charge in [-0.1, -0.05) is 48.6 Å². The lowest BCUT2D eigenvalue weighted by atomic mass is 9.80. The van der Waals surface area contributed by atoms with Crippen LogP contribution in [0.15, 0.2) is 94.9 Å². The number of para-hydroxylation sites is 2. The smallest absolute Gasteiger partial charge is 0.256 e. The zero-order valence-corrected chi connectivity index (χ0v) is 17.2. The standard InChI is InChI=1S/C23H20N4O3S/c24-20-18(21(28)25-14-8-3-1-4-9-14)17(16-12-7-13-30-16)19(23(31)27-20)22(29)26-15-10-5-2-6-11-15/h1-13,17,19H,24H2,(H,25,28)(H,26,29)(H,27,31). The van der Waals surface area contributed by atoms with E-state index in [1.165, 1.54) is 6.26 Å². The molecule has 1 aliphatic heterocycles. The van der Waals surface area contributed by atoms with Gasteiger partial charge in [-0.25, -0.2) is 0 Å². The van der Waals surface area contributed by atoms with Gasteiger partial charge in [-0.2, -0.15) is 0 Å². The van der Waals surface area contributed by atoms with Gasteiger partial charge in [0.05, 0.1) is 22.7 Å². The van der Waals surface area contributed by atoms with Crippen molar-refractivity contribution in [2.75, 3.05) is 10.6 Å². The maximum atomic E-state index is 13.2. The Bertz CT molecular complexity index is 1130. The van der Waals surface area contributed by atoms with Crippen molar-refractivity contribution in [3.63, 3.8) is 0 Å². The van der Waals surface area contributed by atoms with E-state index >= 15 is 0 Å². The molecule has 0 radical (unpaired) electrons. The topological polar surface area (TPSA) is 109 Å². The lowest BCUT2D eigenvalue weighted by Gasteiger charge is -2.33. The number of thiocarbonyl (C=S) groups is 1. The Kier molecular flexibility index (Phi) is 5.81. The van der Waals surface area contributed by atoms with Crippen LogP contribution >= 0.6 is 12.2 Å². The molecule has 156 valence electrons. The van der Waals surface area contributed by atoms with Crippen molar-refractivity contribution >= 4 is 40.4 Å². The zero-order valence-electron chi connectivity index (χ0n) is 16.4. The van der Waals surface area contributed by atoms with Crippen molar-refractivity contribution < 1.29 is 14.0 Å². The molecule has 0 fully saturated rings. The van der Waals surface area contributed by atoms with E-state index < -0.39 is 17.7 Å². The average Bonchev–Trinajstić information content (AvgIpc) is 3.29. The number of rotatable bonds is 5. The fraction of sp³-hybridized carbons (Fsp3) is 0.0870. The molecule has 8 heteroatoms. The van der Waals surface area contributed by atoms with Crippen molar-refractivity contribution in [3.05, 3.63) is 96.2 Å². The minimum Gasteiger partial charge on any atom is -0.469 e. The Labute approximate surface area is 184 Å². The van der Waals surface area contributed by atoms with Gasteiger partial charge in [-0.05, 0) is 36.4 Å². The molecule has 1 aromatic heterocycles. The molecular weight excluding hydrogens is 412 g/mol. The highest BCUT2D eigenvalue weighted by molar-refractivity contribution is 7.80. The summed E-state index contributed by atoms with van der Waals surface area (Å²) in [7, 11) is 0. The number of anilines is 2. The number of nitrogens with two attached hydrogens (primary N) is 1. The molecule has 0 spiro atoms. The van der Waals surface area contributed by atoms with E-state index in [0.717, 1.165) is 0 Å². The van der Waals surface area contributed by atoms with Crippen LogP contribution in [-0.4, -0.2) is 16.8 Å². The van der Waals surface area contributed by atoms with Gasteiger partial charge >= 0.3 is 0 Å². The van der Waals surface area contributed by atoms with E-state index in [9.17, 15) is 9.59 Å². The van der Waals surface area contributed by atoms with Crippen molar-refractivity contribution in [3.8, 4) is 0 Å². The van der Waals surface area contributed by atoms with Crippen LogP contribution in [0.3, 0.4) is 0 Å². The molecule has 0 bridgehead atoms. The van der Waals surface area contributed by atoms with Gasteiger partial charge in [-0.15, -0.1) is 0 Å². The van der Waals surface area contributed by atoms with Crippen LogP contribution in [0.2, 0.25) is 0 Å². The third-order valence-electron chi connectivity index (χ3n) is 4.92. The first kappa shape index (κ1) is 20.4. The fourth-order valence-electron chi connectivity index (χ4n) is 3.53. The molecule has 1 aliphatic rings. The fourth-order valence-corrected chi connectivity index (χ4v) is 3.89. The van der Waals surface area contributed by atoms with E-state index in [4.69, 9.17) is 22.4 Å². The molecule has 2 amide bonds. The first-order valence-corrected chi connectivity index (χ1v) is 10.0. The molecule has 4 rings (SSSR count). The second-order valence-corrected chi connectivity index (χ2v) is 7.40. The van der Waals surface area contributed by atoms with Crippen LogP contribution in [0.4, 0.5) is 11.4 Å². The Morgan fingerprint density at radius 1 is 0.903 bits per heavy atom. The molecule has 0 saturated heterocycles. The number of nitrogens with one attached hydrogen (secondary N) is 3. The summed E-state index contributed by atoms with van der Waals surface area (Å²) in [4.78, 5) is 26.7. The summed E-state index contributed by atoms with van der Waals surface area (Å²) in [6.07, 6.45) is 1.48. The molecule has 2 atom stereocenters. The highest BCUT2D eigenvalue weighted by Crippen LogP contribution is 2.38. The second kappa shape index (κ2) is 8.85. The van der Waals surface area contributed by atoms with Crippen molar-refractivity contribution in [2.45, 2.75) is 5.92 Å². The molecular formula is C23H20N4O3S. The number of amides is 2. The van der Waals surface area contributed by atoms with Gasteiger partial charge in [0.15, 0.2) is 0 Å². The molecule has 31 heavy (non-hydrogen) atoms.